The summed E-state index contributed by atoms with van der Waals surface area (Å²) in [6.45, 7) is 1.52. The van der Waals surface area contributed by atoms with Gasteiger partial charge in [0.15, 0.2) is 11.6 Å². The SMILES string of the molecule is COc1ccc(CC(CC(=O)C(N)CO)C(=O)NC(Cc2ccccc2)C(=O)C2(C)CO2)cc1. The number of nitrogens with one attached hydrogen (secondary N) is 1. The van der Waals surface area contributed by atoms with E-state index in [2.05, 4.69) is 5.32 Å². The van der Waals surface area contributed by atoms with Crippen molar-refractivity contribution >= 4 is 17.5 Å². The van der Waals surface area contributed by atoms with Gasteiger partial charge in [0.25, 0.3) is 0 Å². The molecule has 1 amide bonds. The first kappa shape index (κ1) is 25.6. The van der Waals surface area contributed by atoms with Crippen LogP contribution in [0, 0.1) is 5.92 Å². The minimum absolute atomic E-state index is 0.153. The van der Waals surface area contributed by atoms with E-state index < -0.39 is 41.9 Å². The fourth-order valence-electron chi connectivity index (χ4n) is 3.77. The van der Waals surface area contributed by atoms with E-state index in [1.165, 1.54) is 0 Å². The Hall–Kier alpha value is -3.07. The van der Waals surface area contributed by atoms with Gasteiger partial charge in [-0.1, -0.05) is 42.5 Å². The first-order valence-electron chi connectivity index (χ1n) is 11.3. The molecule has 0 bridgehead atoms. The molecule has 1 saturated heterocycles. The normalized spacial score (nSPS) is 19.5. The molecule has 0 radical (unpaired) electrons. The molecule has 1 heterocycles. The molecule has 2 aromatic carbocycles. The standard InChI is InChI=1S/C26H32N2O6/c1-26(16-34-26)24(31)22(13-17-6-4-3-5-7-17)28-25(32)19(14-23(30)21(27)15-29)12-18-8-10-20(33-2)11-9-18/h3-11,19,21-22,29H,12-16,27H2,1-2H3,(H,28,32). The first-order valence-corrected chi connectivity index (χ1v) is 11.3. The van der Waals surface area contributed by atoms with Gasteiger partial charge in [-0.05, 0) is 43.0 Å². The summed E-state index contributed by atoms with van der Waals surface area (Å²) in [6.07, 6.45) is 0.420. The number of ether oxygens (including phenoxy) is 2. The smallest absolute Gasteiger partial charge is 0.224 e. The monoisotopic (exact) mass is 468 g/mol. The van der Waals surface area contributed by atoms with E-state index in [1.54, 1.807) is 26.2 Å². The van der Waals surface area contributed by atoms with Crippen LogP contribution < -0.4 is 15.8 Å². The average Bonchev–Trinajstić information content (AvgIpc) is 3.61. The van der Waals surface area contributed by atoms with Crippen molar-refractivity contribution in [3.8, 4) is 5.75 Å². The van der Waals surface area contributed by atoms with Crippen LogP contribution in [0.3, 0.4) is 0 Å². The minimum atomic E-state index is -1.06. The molecule has 0 spiro atoms. The van der Waals surface area contributed by atoms with Gasteiger partial charge < -0.3 is 25.6 Å². The fraction of sp³-hybridized carbons (Fsp3) is 0.423. The highest BCUT2D eigenvalue weighted by molar-refractivity contribution is 5.97. The molecular formula is C26H32N2O6. The molecule has 4 unspecified atom stereocenters. The maximum atomic E-state index is 13.4. The molecule has 1 aliphatic rings. The lowest BCUT2D eigenvalue weighted by molar-refractivity contribution is -0.134. The van der Waals surface area contributed by atoms with Gasteiger partial charge in [0.1, 0.15) is 11.4 Å². The second-order valence-electron chi connectivity index (χ2n) is 8.84. The van der Waals surface area contributed by atoms with Crippen molar-refractivity contribution in [2.24, 2.45) is 11.7 Å². The number of carbonyl (C=O) groups excluding carboxylic acids is 3. The predicted molar refractivity (Wildman–Crippen MR) is 126 cm³/mol. The first-order chi connectivity index (χ1) is 16.3. The van der Waals surface area contributed by atoms with Crippen molar-refractivity contribution < 1.29 is 29.0 Å². The second kappa shape index (κ2) is 11.4. The van der Waals surface area contributed by atoms with Crippen molar-refractivity contribution in [3.05, 3.63) is 65.7 Å². The van der Waals surface area contributed by atoms with Crippen molar-refractivity contribution in [1.82, 2.24) is 5.32 Å². The van der Waals surface area contributed by atoms with E-state index in [1.807, 2.05) is 42.5 Å². The summed E-state index contributed by atoms with van der Waals surface area (Å²) >= 11 is 0. The van der Waals surface area contributed by atoms with Gasteiger partial charge in [-0.2, -0.15) is 0 Å². The zero-order valence-electron chi connectivity index (χ0n) is 19.5. The molecule has 4 N–H and O–H groups in total. The molecule has 182 valence electrons. The van der Waals surface area contributed by atoms with E-state index in [4.69, 9.17) is 15.2 Å². The van der Waals surface area contributed by atoms with Gasteiger partial charge in [0.05, 0.1) is 32.4 Å². The molecule has 1 fully saturated rings. The minimum Gasteiger partial charge on any atom is -0.497 e. The van der Waals surface area contributed by atoms with Gasteiger partial charge in [0, 0.05) is 12.3 Å². The lowest BCUT2D eigenvalue weighted by atomic mass is 9.89. The van der Waals surface area contributed by atoms with Crippen LogP contribution in [0.25, 0.3) is 0 Å². The summed E-state index contributed by atoms with van der Waals surface area (Å²) in [6, 6.07) is 14.7. The van der Waals surface area contributed by atoms with Gasteiger partial charge in [0.2, 0.25) is 5.91 Å². The zero-order chi connectivity index (χ0) is 24.7. The highest BCUT2D eigenvalue weighted by Gasteiger charge is 2.50. The van der Waals surface area contributed by atoms with Crippen LogP contribution in [0.4, 0.5) is 0 Å². The van der Waals surface area contributed by atoms with Crippen LogP contribution in [-0.2, 0) is 32.0 Å². The highest BCUT2D eigenvalue weighted by Crippen LogP contribution is 2.29. The fourth-order valence-corrected chi connectivity index (χ4v) is 3.77. The quantitative estimate of drug-likeness (QED) is 0.377. The summed E-state index contributed by atoms with van der Waals surface area (Å²) in [5.74, 6) is -1.13. The molecule has 0 aromatic heterocycles. The van der Waals surface area contributed by atoms with Gasteiger partial charge >= 0.3 is 0 Å². The number of nitrogens with two attached hydrogens (primary N) is 1. The molecule has 2 aromatic rings. The number of hydrogen-bond acceptors (Lipinski definition) is 7. The van der Waals surface area contributed by atoms with E-state index in [9.17, 15) is 19.5 Å². The van der Waals surface area contributed by atoms with Crippen molar-refractivity contribution in [1.29, 1.82) is 0 Å². The molecule has 4 atom stereocenters. The number of amides is 1. The van der Waals surface area contributed by atoms with Crippen LogP contribution in [0.15, 0.2) is 54.6 Å². The molecule has 3 rings (SSSR count). The lowest BCUT2D eigenvalue weighted by Crippen LogP contribution is -2.50. The number of carbonyl (C=O) groups is 3. The average molecular weight is 469 g/mol. The van der Waals surface area contributed by atoms with Crippen LogP contribution in [0.2, 0.25) is 0 Å². The number of epoxide rings is 1. The third kappa shape index (κ3) is 6.72. The van der Waals surface area contributed by atoms with E-state index in [0.29, 0.717) is 18.8 Å². The number of aliphatic hydroxyl groups is 1. The van der Waals surface area contributed by atoms with Gasteiger partial charge in [-0.15, -0.1) is 0 Å². The Morgan fingerprint density at radius 3 is 2.26 bits per heavy atom. The molecule has 8 heteroatoms. The maximum Gasteiger partial charge on any atom is 0.224 e. The number of rotatable bonds is 13. The van der Waals surface area contributed by atoms with Crippen molar-refractivity contribution in [3.63, 3.8) is 0 Å². The summed E-state index contributed by atoms with van der Waals surface area (Å²) in [5, 5.41) is 12.1. The third-order valence-electron chi connectivity index (χ3n) is 6.08. The Morgan fingerprint density at radius 1 is 1.09 bits per heavy atom. The zero-order valence-corrected chi connectivity index (χ0v) is 19.5. The summed E-state index contributed by atoms with van der Waals surface area (Å²) < 4.78 is 10.5. The third-order valence-corrected chi connectivity index (χ3v) is 6.08. The molecule has 8 nitrogen and oxygen atoms in total. The van der Waals surface area contributed by atoms with Crippen LogP contribution in [-0.4, -0.2) is 60.6 Å². The number of aliphatic hydroxyl groups excluding tert-OH is 1. The highest BCUT2D eigenvalue weighted by atomic mass is 16.6. The Labute approximate surface area is 199 Å². The van der Waals surface area contributed by atoms with Gasteiger partial charge in [-0.25, -0.2) is 0 Å². The number of Topliss-reactive ketones (excluding diaryl/α,β-unsaturated/α-hetero) is 2. The number of ketones is 2. The van der Waals surface area contributed by atoms with Crippen LogP contribution in [0.1, 0.15) is 24.5 Å². The predicted octanol–water partition coefficient (Wildman–Crippen LogP) is 1.22. The summed E-state index contributed by atoms with van der Waals surface area (Å²) in [5.41, 5.74) is 6.51. The Balaban J connectivity index is 1.80. The van der Waals surface area contributed by atoms with Crippen LogP contribution >= 0.6 is 0 Å². The number of benzene rings is 2. The van der Waals surface area contributed by atoms with E-state index in [0.717, 1.165) is 11.1 Å². The van der Waals surface area contributed by atoms with E-state index >= 15 is 0 Å². The largest absolute Gasteiger partial charge is 0.497 e. The van der Waals surface area contributed by atoms with E-state index in [-0.39, 0.29) is 18.6 Å². The maximum absolute atomic E-state index is 13.4. The van der Waals surface area contributed by atoms with Crippen molar-refractivity contribution in [2.45, 2.75) is 43.9 Å². The van der Waals surface area contributed by atoms with Gasteiger partial charge in [-0.3, -0.25) is 14.4 Å². The molecule has 0 saturated carbocycles. The number of hydrogen-bond donors (Lipinski definition) is 3. The Kier molecular flexibility index (Phi) is 8.55. The topological polar surface area (TPSA) is 131 Å². The molecular weight excluding hydrogens is 436 g/mol. The summed E-state index contributed by atoms with van der Waals surface area (Å²) in [4.78, 5) is 39.0. The molecule has 1 aliphatic heterocycles. The second-order valence-corrected chi connectivity index (χ2v) is 8.84. The Bertz CT molecular complexity index is 988. The number of methoxy groups -OCH3 is 1. The Morgan fingerprint density at radius 2 is 1.71 bits per heavy atom. The van der Waals surface area contributed by atoms with Crippen molar-refractivity contribution in [2.75, 3.05) is 20.3 Å². The molecule has 0 aliphatic carbocycles. The summed E-state index contributed by atoms with van der Waals surface area (Å²) in [7, 11) is 1.56. The van der Waals surface area contributed by atoms with Crippen LogP contribution in [0.5, 0.6) is 5.75 Å². The lowest BCUT2D eigenvalue weighted by Gasteiger charge is -2.24. The molecule has 34 heavy (non-hydrogen) atoms.